The fourth-order valence-corrected chi connectivity index (χ4v) is 1.52. The van der Waals surface area contributed by atoms with Gasteiger partial charge >= 0.3 is 0 Å². The summed E-state index contributed by atoms with van der Waals surface area (Å²) in [6, 6.07) is 6.53. The van der Waals surface area contributed by atoms with Gasteiger partial charge in [0.05, 0.1) is 0 Å². The maximum Gasteiger partial charge on any atom is 0.0204 e. The van der Waals surface area contributed by atoms with Crippen molar-refractivity contribution in [1.29, 1.82) is 0 Å². The van der Waals surface area contributed by atoms with E-state index in [1.165, 1.54) is 15.6 Å². The second-order valence-electron chi connectivity index (χ2n) is 3.19. The van der Waals surface area contributed by atoms with E-state index >= 15 is 0 Å². The number of nitrogens with one attached hydrogen (secondary N) is 1. The molecule has 0 radical (unpaired) electrons. The van der Waals surface area contributed by atoms with Gasteiger partial charge in [-0.2, -0.15) is 0 Å². The number of halogens is 1. The van der Waals surface area contributed by atoms with Gasteiger partial charge in [0.1, 0.15) is 0 Å². The minimum atomic E-state index is 1.05. The lowest BCUT2D eigenvalue weighted by atomic mass is 10.1. The molecule has 0 saturated carbocycles. The molecule has 0 aliphatic heterocycles. The van der Waals surface area contributed by atoms with E-state index in [2.05, 4.69) is 53.3 Å². The number of aryl methyl sites for hydroxylation is 1. The summed E-state index contributed by atoms with van der Waals surface area (Å²) in [6.45, 7) is 6.38. The van der Waals surface area contributed by atoms with Crippen LogP contribution < -0.4 is 5.32 Å². The van der Waals surface area contributed by atoms with Crippen LogP contribution in [0.5, 0.6) is 0 Å². The van der Waals surface area contributed by atoms with E-state index in [1.54, 1.807) is 0 Å². The Balaban J connectivity index is 2.53. The summed E-state index contributed by atoms with van der Waals surface area (Å²) in [6.07, 6.45) is 1.11. The topological polar surface area (TPSA) is 12.0 Å². The van der Waals surface area contributed by atoms with Crippen molar-refractivity contribution in [3.05, 3.63) is 33.8 Å². The van der Waals surface area contributed by atoms with Crippen LogP contribution in [0.25, 0.3) is 0 Å². The molecule has 1 aromatic rings. The van der Waals surface area contributed by atoms with Crippen LogP contribution in [0, 0.1) is 6.92 Å². The average molecular weight is 242 g/mol. The first-order valence-electron chi connectivity index (χ1n) is 4.69. The lowest BCUT2D eigenvalue weighted by molar-refractivity contribution is 0.716. The Morgan fingerprint density at radius 2 is 2.15 bits per heavy atom. The minimum absolute atomic E-state index is 1.05. The molecule has 0 amide bonds. The molecule has 2 heteroatoms. The van der Waals surface area contributed by atoms with Gasteiger partial charge in [-0.25, -0.2) is 0 Å². The molecule has 0 spiro atoms. The molecular weight excluding hydrogens is 226 g/mol. The summed E-state index contributed by atoms with van der Waals surface area (Å²) >= 11 is 3.50. The maximum absolute atomic E-state index is 3.50. The first-order valence-corrected chi connectivity index (χ1v) is 5.49. The second kappa shape index (κ2) is 5.40. The summed E-state index contributed by atoms with van der Waals surface area (Å²) in [5.74, 6) is 0. The van der Waals surface area contributed by atoms with Gasteiger partial charge in [0.2, 0.25) is 0 Å². The molecule has 0 saturated heterocycles. The summed E-state index contributed by atoms with van der Waals surface area (Å²) in [7, 11) is 0. The van der Waals surface area contributed by atoms with E-state index in [0.29, 0.717) is 0 Å². The SMILES string of the molecule is CCNCCc1ccc(Br)c(C)c1. The third kappa shape index (κ3) is 3.49. The average Bonchev–Trinajstić information content (AvgIpc) is 2.12. The molecular formula is C11H16BrN. The molecule has 0 fully saturated rings. The zero-order valence-corrected chi connectivity index (χ0v) is 9.82. The predicted octanol–water partition coefficient (Wildman–Crippen LogP) is 2.91. The van der Waals surface area contributed by atoms with Gasteiger partial charge in [-0.3, -0.25) is 0 Å². The van der Waals surface area contributed by atoms with E-state index in [-0.39, 0.29) is 0 Å². The van der Waals surface area contributed by atoms with Crippen LogP contribution in [0.3, 0.4) is 0 Å². The van der Waals surface area contributed by atoms with Crippen LogP contribution in [-0.2, 0) is 6.42 Å². The highest BCUT2D eigenvalue weighted by Gasteiger charge is 1.96. The van der Waals surface area contributed by atoms with Crippen molar-refractivity contribution >= 4 is 15.9 Å². The second-order valence-corrected chi connectivity index (χ2v) is 4.04. The minimum Gasteiger partial charge on any atom is -0.317 e. The Bertz CT molecular complexity index is 271. The van der Waals surface area contributed by atoms with Crippen LogP contribution in [-0.4, -0.2) is 13.1 Å². The van der Waals surface area contributed by atoms with Crippen molar-refractivity contribution < 1.29 is 0 Å². The van der Waals surface area contributed by atoms with Crippen molar-refractivity contribution in [2.75, 3.05) is 13.1 Å². The largest absolute Gasteiger partial charge is 0.317 e. The molecule has 0 unspecified atom stereocenters. The zero-order chi connectivity index (χ0) is 9.68. The normalized spacial score (nSPS) is 10.4. The van der Waals surface area contributed by atoms with Crippen LogP contribution >= 0.6 is 15.9 Å². The molecule has 72 valence electrons. The molecule has 1 aromatic carbocycles. The highest BCUT2D eigenvalue weighted by molar-refractivity contribution is 9.10. The predicted molar refractivity (Wildman–Crippen MR) is 61.1 cm³/mol. The fourth-order valence-electron chi connectivity index (χ4n) is 1.27. The summed E-state index contributed by atoms with van der Waals surface area (Å²) in [5.41, 5.74) is 2.72. The Kier molecular flexibility index (Phi) is 4.46. The van der Waals surface area contributed by atoms with Gasteiger partial charge in [0.25, 0.3) is 0 Å². The number of hydrogen-bond acceptors (Lipinski definition) is 1. The van der Waals surface area contributed by atoms with Crippen LogP contribution in [0.4, 0.5) is 0 Å². The highest BCUT2D eigenvalue weighted by Crippen LogP contribution is 2.17. The molecule has 1 N–H and O–H groups in total. The Morgan fingerprint density at radius 3 is 2.77 bits per heavy atom. The van der Waals surface area contributed by atoms with Gasteiger partial charge in [0.15, 0.2) is 0 Å². The first kappa shape index (κ1) is 10.7. The summed E-state index contributed by atoms with van der Waals surface area (Å²) in [4.78, 5) is 0. The van der Waals surface area contributed by atoms with Crippen LogP contribution in [0.2, 0.25) is 0 Å². The van der Waals surface area contributed by atoms with Crippen LogP contribution in [0.1, 0.15) is 18.1 Å². The smallest absolute Gasteiger partial charge is 0.0204 e. The van der Waals surface area contributed by atoms with Gasteiger partial charge in [-0.15, -0.1) is 0 Å². The van der Waals surface area contributed by atoms with Crippen molar-refractivity contribution in [2.45, 2.75) is 20.3 Å². The quantitative estimate of drug-likeness (QED) is 0.800. The molecule has 1 rings (SSSR count). The van der Waals surface area contributed by atoms with Gasteiger partial charge < -0.3 is 5.32 Å². The lowest BCUT2D eigenvalue weighted by Crippen LogP contribution is -2.16. The van der Waals surface area contributed by atoms with E-state index in [1.807, 2.05) is 0 Å². The fraction of sp³-hybridized carbons (Fsp3) is 0.455. The maximum atomic E-state index is 3.50. The van der Waals surface area contributed by atoms with E-state index in [0.717, 1.165) is 19.5 Å². The number of benzene rings is 1. The first-order chi connectivity index (χ1) is 6.24. The third-order valence-electron chi connectivity index (χ3n) is 2.06. The summed E-state index contributed by atoms with van der Waals surface area (Å²) < 4.78 is 1.19. The molecule has 13 heavy (non-hydrogen) atoms. The van der Waals surface area contributed by atoms with Gasteiger partial charge in [-0.1, -0.05) is 35.0 Å². The zero-order valence-electron chi connectivity index (χ0n) is 8.23. The molecule has 0 bridgehead atoms. The van der Waals surface area contributed by atoms with Gasteiger partial charge in [0, 0.05) is 4.47 Å². The Labute approximate surface area is 88.7 Å². The lowest BCUT2D eigenvalue weighted by Gasteiger charge is -2.04. The standard InChI is InChI=1S/C11H16BrN/c1-3-13-7-6-10-4-5-11(12)9(2)8-10/h4-5,8,13H,3,6-7H2,1-2H3. The monoisotopic (exact) mass is 241 g/mol. The molecule has 1 nitrogen and oxygen atoms in total. The van der Waals surface area contributed by atoms with E-state index in [4.69, 9.17) is 0 Å². The Hall–Kier alpha value is -0.340. The highest BCUT2D eigenvalue weighted by atomic mass is 79.9. The third-order valence-corrected chi connectivity index (χ3v) is 2.95. The molecule has 0 aromatic heterocycles. The van der Waals surface area contributed by atoms with E-state index < -0.39 is 0 Å². The number of rotatable bonds is 4. The number of likely N-dealkylation sites (N-methyl/N-ethyl adjacent to an activating group) is 1. The number of hydrogen-bond donors (Lipinski definition) is 1. The van der Waals surface area contributed by atoms with Crippen molar-refractivity contribution in [3.63, 3.8) is 0 Å². The molecule has 0 heterocycles. The van der Waals surface area contributed by atoms with Crippen molar-refractivity contribution in [2.24, 2.45) is 0 Å². The molecule has 0 aliphatic rings. The van der Waals surface area contributed by atoms with E-state index in [9.17, 15) is 0 Å². The van der Waals surface area contributed by atoms with Gasteiger partial charge in [-0.05, 0) is 43.6 Å². The molecule has 0 aliphatic carbocycles. The van der Waals surface area contributed by atoms with Crippen molar-refractivity contribution in [3.8, 4) is 0 Å². The Morgan fingerprint density at radius 1 is 1.38 bits per heavy atom. The molecule has 0 atom stereocenters. The van der Waals surface area contributed by atoms with Crippen molar-refractivity contribution in [1.82, 2.24) is 5.32 Å². The van der Waals surface area contributed by atoms with Crippen LogP contribution in [0.15, 0.2) is 22.7 Å². The summed E-state index contributed by atoms with van der Waals surface area (Å²) in [5, 5.41) is 3.32.